The van der Waals surface area contributed by atoms with E-state index in [2.05, 4.69) is 16.0 Å². The number of urea groups is 1. The van der Waals surface area contributed by atoms with Gasteiger partial charge < -0.3 is 30.3 Å². The zero-order chi connectivity index (χ0) is 24.0. The Morgan fingerprint density at radius 2 is 1.61 bits per heavy atom. The fourth-order valence-electron chi connectivity index (χ4n) is 3.61. The van der Waals surface area contributed by atoms with Crippen molar-refractivity contribution in [2.24, 2.45) is 0 Å². The summed E-state index contributed by atoms with van der Waals surface area (Å²) in [6.07, 6.45) is 0. The second kappa shape index (κ2) is 10.8. The summed E-state index contributed by atoms with van der Waals surface area (Å²) in [6.45, 7) is 6.54. The lowest BCUT2D eigenvalue weighted by Crippen LogP contribution is -2.47. The maximum Gasteiger partial charge on any atom is 0.338 e. The third-order valence-corrected chi connectivity index (χ3v) is 5.60. The molecule has 2 amide bonds. The van der Waals surface area contributed by atoms with E-state index in [1.54, 1.807) is 50.4 Å². The van der Waals surface area contributed by atoms with Crippen LogP contribution >= 0.6 is 12.2 Å². The van der Waals surface area contributed by atoms with Crippen LogP contribution in [0.5, 0.6) is 5.75 Å². The summed E-state index contributed by atoms with van der Waals surface area (Å²) >= 11 is 5.50. The van der Waals surface area contributed by atoms with E-state index >= 15 is 0 Å². The summed E-state index contributed by atoms with van der Waals surface area (Å²) in [4.78, 5) is 26.9. The van der Waals surface area contributed by atoms with Crippen molar-refractivity contribution in [2.45, 2.75) is 26.8 Å². The van der Waals surface area contributed by atoms with Gasteiger partial charge in [-0.25, -0.2) is 9.59 Å². The first-order valence-electron chi connectivity index (χ1n) is 10.7. The first-order valence-corrected chi connectivity index (χ1v) is 11.1. The molecular formula is C24H28N4O4S. The summed E-state index contributed by atoms with van der Waals surface area (Å²) in [6, 6.07) is 13.5. The van der Waals surface area contributed by atoms with Gasteiger partial charge in [0.1, 0.15) is 5.75 Å². The number of carbonyl (C=O) groups is 2. The Hall–Kier alpha value is -3.59. The number of methoxy groups -OCH3 is 1. The van der Waals surface area contributed by atoms with Gasteiger partial charge in [-0.05, 0) is 75.0 Å². The fraction of sp³-hybridized carbons (Fsp3) is 0.292. The first kappa shape index (κ1) is 24.1. The zero-order valence-electron chi connectivity index (χ0n) is 19.1. The molecule has 33 heavy (non-hydrogen) atoms. The third kappa shape index (κ3) is 5.61. The number of hydrogen-bond acceptors (Lipinski definition) is 5. The van der Waals surface area contributed by atoms with Crippen LogP contribution in [0.1, 0.15) is 32.4 Å². The van der Waals surface area contributed by atoms with Gasteiger partial charge in [-0.1, -0.05) is 12.1 Å². The van der Waals surface area contributed by atoms with Gasteiger partial charge in [0.25, 0.3) is 0 Å². The molecule has 0 saturated heterocycles. The van der Waals surface area contributed by atoms with Crippen molar-refractivity contribution in [2.75, 3.05) is 30.9 Å². The molecule has 174 valence electrons. The molecule has 1 aliphatic heterocycles. The number of anilines is 2. The highest BCUT2D eigenvalue weighted by Gasteiger charge is 2.34. The second-order valence-electron chi connectivity index (χ2n) is 7.28. The SMILES string of the molecule is CCOC(=O)C1=C(C)N(CC)C(=S)NC1c1ccc(NC(=O)Nc2ccc(OC)cc2)cc1. The van der Waals surface area contributed by atoms with E-state index in [0.717, 1.165) is 11.3 Å². The smallest absolute Gasteiger partial charge is 0.338 e. The first-order chi connectivity index (χ1) is 15.9. The molecule has 1 unspecified atom stereocenters. The largest absolute Gasteiger partial charge is 0.497 e. The van der Waals surface area contributed by atoms with E-state index in [9.17, 15) is 9.59 Å². The summed E-state index contributed by atoms with van der Waals surface area (Å²) in [5, 5.41) is 9.36. The van der Waals surface area contributed by atoms with Crippen LogP contribution in [0.25, 0.3) is 0 Å². The molecule has 0 fully saturated rings. The average Bonchev–Trinajstić information content (AvgIpc) is 2.80. The minimum atomic E-state index is -0.443. The van der Waals surface area contributed by atoms with Crippen molar-refractivity contribution in [3.63, 3.8) is 0 Å². The van der Waals surface area contributed by atoms with Gasteiger partial charge in [0.2, 0.25) is 0 Å². The number of rotatable bonds is 7. The Morgan fingerprint density at radius 1 is 1.03 bits per heavy atom. The van der Waals surface area contributed by atoms with Gasteiger partial charge in [-0.3, -0.25) is 0 Å². The van der Waals surface area contributed by atoms with Gasteiger partial charge in [-0.2, -0.15) is 0 Å². The van der Waals surface area contributed by atoms with Gasteiger partial charge in [0, 0.05) is 23.6 Å². The average molecular weight is 469 g/mol. The minimum absolute atomic E-state index is 0.283. The predicted molar refractivity (Wildman–Crippen MR) is 132 cm³/mol. The van der Waals surface area contributed by atoms with Crippen LogP contribution in [0, 0.1) is 0 Å². The lowest BCUT2D eigenvalue weighted by molar-refractivity contribution is -0.139. The maximum absolute atomic E-state index is 12.7. The van der Waals surface area contributed by atoms with Crippen LogP contribution in [0.15, 0.2) is 59.8 Å². The molecule has 0 aliphatic carbocycles. The number of amides is 2. The van der Waals surface area contributed by atoms with E-state index in [-0.39, 0.29) is 18.6 Å². The number of esters is 1. The van der Waals surface area contributed by atoms with E-state index < -0.39 is 6.04 Å². The summed E-state index contributed by atoms with van der Waals surface area (Å²) in [7, 11) is 1.59. The normalized spacial score (nSPS) is 15.6. The second-order valence-corrected chi connectivity index (χ2v) is 7.66. The predicted octanol–water partition coefficient (Wildman–Crippen LogP) is 4.43. The van der Waals surface area contributed by atoms with Crippen molar-refractivity contribution in [3.05, 3.63) is 65.4 Å². The van der Waals surface area contributed by atoms with Crippen molar-refractivity contribution in [1.29, 1.82) is 0 Å². The summed E-state index contributed by atoms with van der Waals surface area (Å²) < 4.78 is 10.4. The maximum atomic E-state index is 12.7. The molecular weight excluding hydrogens is 440 g/mol. The molecule has 8 nitrogen and oxygen atoms in total. The lowest BCUT2D eigenvalue weighted by Gasteiger charge is -2.37. The zero-order valence-corrected chi connectivity index (χ0v) is 19.9. The molecule has 2 aromatic carbocycles. The van der Waals surface area contributed by atoms with Gasteiger partial charge >= 0.3 is 12.0 Å². The molecule has 0 saturated carbocycles. The van der Waals surface area contributed by atoms with E-state index in [0.29, 0.717) is 34.4 Å². The van der Waals surface area contributed by atoms with Crippen molar-refractivity contribution in [1.82, 2.24) is 10.2 Å². The molecule has 0 radical (unpaired) electrons. The number of thiocarbonyl (C=S) groups is 1. The Kier molecular flexibility index (Phi) is 7.89. The van der Waals surface area contributed by atoms with Crippen LogP contribution in [0.3, 0.4) is 0 Å². The standard InChI is InChI=1S/C24H28N4O4S/c1-5-28-15(3)20(22(29)32-6-2)21(27-24(28)33)16-7-9-17(10-8-16)25-23(30)26-18-11-13-19(31-4)14-12-18/h7-14,21H,5-6H2,1-4H3,(H,27,33)(H2,25,26,30). The number of nitrogens with zero attached hydrogens (tertiary/aromatic N) is 1. The number of ether oxygens (including phenoxy) is 2. The van der Waals surface area contributed by atoms with E-state index in [4.69, 9.17) is 21.7 Å². The minimum Gasteiger partial charge on any atom is -0.497 e. The van der Waals surface area contributed by atoms with Gasteiger partial charge in [-0.15, -0.1) is 0 Å². The van der Waals surface area contributed by atoms with Crippen LogP contribution in [-0.2, 0) is 9.53 Å². The molecule has 1 aliphatic rings. The van der Waals surface area contributed by atoms with Crippen molar-refractivity contribution >= 4 is 40.7 Å². The molecule has 0 aromatic heterocycles. The number of benzene rings is 2. The summed E-state index contributed by atoms with van der Waals surface area (Å²) in [5.41, 5.74) is 3.37. The molecule has 3 rings (SSSR count). The quantitative estimate of drug-likeness (QED) is 0.409. The third-order valence-electron chi connectivity index (χ3n) is 5.26. The molecule has 0 bridgehead atoms. The molecule has 3 N–H and O–H groups in total. The van der Waals surface area contributed by atoms with Gasteiger partial charge in [0.05, 0.1) is 25.3 Å². The molecule has 1 atom stereocenters. The summed E-state index contributed by atoms with van der Waals surface area (Å²) in [5.74, 6) is 0.329. The monoisotopic (exact) mass is 468 g/mol. The van der Waals surface area contributed by atoms with Crippen LogP contribution in [-0.4, -0.2) is 42.3 Å². The van der Waals surface area contributed by atoms with Crippen molar-refractivity contribution in [3.8, 4) is 5.75 Å². The molecule has 1 heterocycles. The number of hydrogen-bond donors (Lipinski definition) is 3. The van der Waals surface area contributed by atoms with Crippen LogP contribution in [0.2, 0.25) is 0 Å². The Morgan fingerprint density at radius 3 is 2.12 bits per heavy atom. The number of carbonyl (C=O) groups excluding carboxylic acids is 2. The number of nitrogens with one attached hydrogen (secondary N) is 3. The molecule has 2 aromatic rings. The Balaban J connectivity index is 1.75. The number of allylic oxidation sites excluding steroid dienone is 1. The fourth-order valence-corrected chi connectivity index (χ4v) is 4.00. The van der Waals surface area contributed by atoms with Crippen molar-refractivity contribution < 1.29 is 19.1 Å². The van der Waals surface area contributed by atoms with E-state index in [1.165, 1.54) is 0 Å². The van der Waals surface area contributed by atoms with E-state index in [1.807, 2.05) is 30.9 Å². The van der Waals surface area contributed by atoms with Crippen LogP contribution in [0.4, 0.5) is 16.2 Å². The highest BCUT2D eigenvalue weighted by atomic mass is 32.1. The topological polar surface area (TPSA) is 91.9 Å². The molecule has 0 spiro atoms. The van der Waals surface area contributed by atoms with Gasteiger partial charge in [0.15, 0.2) is 5.11 Å². The highest BCUT2D eigenvalue weighted by Crippen LogP contribution is 2.32. The Labute approximate surface area is 198 Å². The highest BCUT2D eigenvalue weighted by molar-refractivity contribution is 7.80. The van der Waals surface area contributed by atoms with Crippen LogP contribution < -0.4 is 20.7 Å². The molecule has 9 heteroatoms. The lowest BCUT2D eigenvalue weighted by atomic mass is 9.95. The Bertz CT molecular complexity index is 1050.